The van der Waals surface area contributed by atoms with Crippen LogP contribution in [0.2, 0.25) is 0 Å². The number of urea groups is 1. The Kier molecular flexibility index (Phi) is 5.46. The first-order valence-corrected chi connectivity index (χ1v) is 11.8. The van der Waals surface area contributed by atoms with Gasteiger partial charge in [-0.1, -0.05) is 12.1 Å². The van der Waals surface area contributed by atoms with Crippen LogP contribution in [0.1, 0.15) is 56.9 Å². The number of nitrogens with zero attached hydrogens (tertiary/aromatic N) is 1. The maximum atomic E-state index is 13.0. The summed E-state index contributed by atoms with van der Waals surface area (Å²) in [7, 11) is 0. The monoisotopic (exact) mass is 411 g/mol. The summed E-state index contributed by atoms with van der Waals surface area (Å²) in [4.78, 5) is 14.9. The van der Waals surface area contributed by atoms with E-state index in [2.05, 4.69) is 21.7 Å². The Bertz CT molecular complexity index is 768. The van der Waals surface area contributed by atoms with Crippen molar-refractivity contribution in [3.05, 3.63) is 47.4 Å². The lowest BCUT2D eigenvalue weighted by atomic mass is 9.53. The second-order valence-corrected chi connectivity index (χ2v) is 10.3. The predicted octanol–water partition coefficient (Wildman–Crippen LogP) is 4.62. The fourth-order valence-electron chi connectivity index (χ4n) is 6.88. The van der Waals surface area contributed by atoms with Crippen molar-refractivity contribution in [3.8, 4) is 0 Å². The molecule has 1 aromatic carbocycles. The van der Waals surface area contributed by atoms with Gasteiger partial charge in [0.2, 0.25) is 0 Å². The second-order valence-electron chi connectivity index (χ2n) is 10.3. The Morgan fingerprint density at radius 1 is 1.07 bits per heavy atom. The Balaban J connectivity index is 1.02. The minimum Gasteiger partial charge on any atom is -0.377 e. The predicted molar refractivity (Wildman–Crippen MR) is 116 cm³/mol. The van der Waals surface area contributed by atoms with E-state index >= 15 is 0 Å². The van der Waals surface area contributed by atoms with Crippen LogP contribution in [0.25, 0.3) is 0 Å². The van der Waals surface area contributed by atoms with E-state index in [0.717, 1.165) is 62.2 Å². The molecule has 4 aliphatic carbocycles. The van der Waals surface area contributed by atoms with Gasteiger partial charge in [0.25, 0.3) is 0 Å². The molecule has 0 aromatic heterocycles. The first-order chi connectivity index (χ1) is 14.6. The number of hydrogen-bond acceptors (Lipinski definition) is 2. The van der Waals surface area contributed by atoms with E-state index < -0.39 is 0 Å². The number of rotatable bonds is 7. The molecule has 1 heterocycles. The van der Waals surface area contributed by atoms with Crippen LogP contribution in [0, 0.1) is 23.6 Å². The third-order valence-electron chi connectivity index (χ3n) is 7.75. The van der Waals surface area contributed by atoms with Crippen molar-refractivity contribution in [2.75, 3.05) is 19.6 Å². The van der Waals surface area contributed by atoms with Gasteiger partial charge >= 0.3 is 6.03 Å². The first-order valence-electron chi connectivity index (χ1n) is 11.8. The first kappa shape index (κ1) is 19.9. The minimum absolute atomic E-state index is 0.0333. The van der Waals surface area contributed by atoms with E-state index in [1.54, 1.807) is 0 Å². The van der Waals surface area contributed by atoms with Crippen LogP contribution >= 0.6 is 0 Å². The zero-order valence-electron chi connectivity index (χ0n) is 17.8. The molecule has 5 heteroatoms. The molecular weight excluding hydrogens is 377 g/mol. The molecule has 30 heavy (non-hydrogen) atoms. The van der Waals surface area contributed by atoms with Gasteiger partial charge in [-0.25, -0.2) is 9.18 Å². The average molecular weight is 412 g/mol. The molecule has 4 fully saturated rings. The van der Waals surface area contributed by atoms with E-state index in [4.69, 9.17) is 0 Å². The summed E-state index contributed by atoms with van der Waals surface area (Å²) in [5, 5.41) is 6.49. The third-order valence-corrected chi connectivity index (χ3v) is 7.75. The fraction of sp³-hybridized carbons (Fsp3) is 0.640. The molecule has 4 saturated carbocycles. The molecule has 2 N–H and O–H groups in total. The van der Waals surface area contributed by atoms with Crippen LogP contribution in [0.5, 0.6) is 0 Å². The van der Waals surface area contributed by atoms with Crippen LogP contribution in [0.3, 0.4) is 0 Å². The number of amides is 2. The molecule has 6 rings (SSSR count). The molecule has 1 aliphatic heterocycles. The maximum absolute atomic E-state index is 13.0. The van der Waals surface area contributed by atoms with Gasteiger partial charge in [0, 0.05) is 25.2 Å². The van der Waals surface area contributed by atoms with E-state index in [9.17, 15) is 9.18 Å². The number of carbonyl (C=O) groups is 1. The Labute approximate surface area is 179 Å². The quantitative estimate of drug-likeness (QED) is 0.643. The second kappa shape index (κ2) is 8.24. The van der Waals surface area contributed by atoms with Crippen molar-refractivity contribution in [1.82, 2.24) is 15.5 Å². The zero-order chi connectivity index (χ0) is 20.6. The van der Waals surface area contributed by atoms with Crippen LogP contribution in [0.4, 0.5) is 9.18 Å². The Morgan fingerprint density at radius 2 is 1.73 bits per heavy atom. The molecule has 0 spiro atoms. The molecule has 0 saturated heterocycles. The largest absolute Gasteiger partial charge is 0.377 e. The summed E-state index contributed by atoms with van der Waals surface area (Å²) in [5.74, 6) is 2.37. The molecular formula is C25H34FN3O. The lowest BCUT2D eigenvalue weighted by Gasteiger charge is -2.56. The summed E-state index contributed by atoms with van der Waals surface area (Å²) >= 11 is 0. The Hall–Kier alpha value is -2.04. The molecule has 162 valence electrons. The van der Waals surface area contributed by atoms with Gasteiger partial charge in [-0.3, -0.25) is 0 Å². The molecule has 5 aliphatic rings. The summed E-state index contributed by atoms with van der Waals surface area (Å²) in [6, 6.07) is 6.83. The molecule has 1 aromatic rings. The van der Waals surface area contributed by atoms with Crippen molar-refractivity contribution in [1.29, 1.82) is 0 Å². The third kappa shape index (κ3) is 4.50. The summed E-state index contributed by atoms with van der Waals surface area (Å²) in [6.07, 6.45) is 12.9. The number of carbonyl (C=O) groups excluding carboxylic acids is 1. The lowest BCUT2D eigenvalue weighted by Crippen LogP contribution is -2.61. The standard InChI is InChI=1S/C25H34FN3O/c26-23-4-2-18(3-5-23)10-19-6-9-29(17-19)8-1-7-27-24(30)28-25-14-20-11-21(15-25)13-22(12-20)16-25/h2-5,17,20-22H,1,6-16H2,(H2,27,28,30). The number of benzene rings is 1. The number of hydrogen-bond donors (Lipinski definition) is 2. The molecule has 2 amide bonds. The topological polar surface area (TPSA) is 44.4 Å². The van der Waals surface area contributed by atoms with Gasteiger partial charge in [0.15, 0.2) is 0 Å². The van der Waals surface area contributed by atoms with Gasteiger partial charge in [-0.15, -0.1) is 0 Å². The highest BCUT2D eigenvalue weighted by atomic mass is 19.1. The normalized spacial score (nSPS) is 31.7. The SMILES string of the molecule is O=C(NCCCN1C=C(Cc2ccc(F)cc2)CC1)NC12CC3CC(CC(C3)C1)C2. The van der Waals surface area contributed by atoms with Crippen LogP contribution in [-0.2, 0) is 6.42 Å². The average Bonchev–Trinajstić information content (AvgIpc) is 3.13. The van der Waals surface area contributed by atoms with Crippen LogP contribution in [-0.4, -0.2) is 36.1 Å². The van der Waals surface area contributed by atoms with Gasteiger partial charge in [-0.2, -0.15) is 0 Å². The van der Waals surface area contributed by atoms with E-state index in [1.807, 2.05) is 12.1 Å². The molecule has 0 atom stereocenters. The van der Waals surface area contributed by atoms with Gasteiger partial charge in [-0.05, 0) is 105 Å². The molecule has 0 unspecified atom stereocenters. The van der Waals surface area contributed by atoms with Gasteiger partial charge in [0.05, 0.1) is 0 Å². The fourth-order valence-corrected chi connectivity index (χ4v) is 6.88. The van der Waals surface area contributed by atoms with E-state index in [-0.39, 0.29) is 17.4 Å². The zero-order valence-corrected chi connectivity index (χ0v) is 17.8. The summed E-state index contributed by atoms with van der Waals surface area (Å²) < 4.78 is 13.0. The van der Waals surface area contributed by atoms with Crippen molar-refractivity contribution in [2.45, 2.75) is 63.3 Å². The van der Waals surface area contributed by atoms with Crippen molar-refractivity contribution in [3.63, 3.8) is 0 Å². The van der Waals surface area contributed by atoms with E-state index in [1.165, 1.54) is 56.2 Å². The molecule has 4 nitrogen and oxygen atoms in total. The highest BCUT2D eigenvalue weighted by Crippen LogP contribution is 2.55. The van der Waals surface area contributed by atoms with Gasteiger partial charge < -0.3 is 15.5 Å². The number of halogens is 1. The van der Waals surface area contributed by atoms with Gasteiger partial charge in [0.1, 0.15) is 5.82 Å². The van der Waals surface area contributed by atoms with E-state index in [0.29, 0.717) is 0 Å². The van der Waals surface area contributed by atoms with Crippen LogP contribution in [0.15, 0.2) is 36.0 Å². The van der Waals surface area contributed by atoms with Crippen molar-refractivity contribution in [2.24, 2.45) is 17.8 Å². The maximum Gasteiger partial charge on any atom is 0.315 e. The van der Waals surface area contributed by atoms with Crippen molar-refractivity contribution < 1.29 is 9.18 Å². The number of nitrogens with one attached hydrogen (secondary N) is 2. The summed E-state index contributed by atoms with van der Waals surface area (Å²) in [5.41, 5.74) is 2.65. The highest BCUT2D eigenvalue weighted by molar-refractivity contribution is 5.74. The molecule has 0 radical (unpaired) electrons. The molecule has 4 bridgehead atoms. The summed E-state index contributed by atoms with van der Waals surface area (Å²) in [6.45, 7) is 2.72. The Morgan fingerprint density at radius 3 is 2.40 bits per heavy atom. The smallest absolute Gasteiger partial charge is 0.315 e. The minimum atomic E-state index is -0.180. The lowest BCUT2D eigenvalue weighted by molar-refractivity contribution is -0.0135. The van der Waals surface area contributed by atoms with Crippen LogP contribution < -0.4 is 10.6 Å². The highest BCUT2D eigenvalue weighted by Gasteiger charge is 2.51. The van der Waals surface area contributed by atoms with Crippen molar-refractivity contribution >= 4 is 6.03 Å².